The zero-order valence-corrected chi connectivity index (χ0v) is 18.1. The molecule has 0 aromatic heterocycles. The molecular formula is C23H47NO2. The molecular weight excluding hydrogens is 322 g/mol. The molecule has 0 spiro atoms. The van der Waals surface area contributed by atoms with Crippen LogP contribution < -0.4 is 0 Å². The van der Waals surface area contributed by atoms with Crippen LogP contribution >= 0.6 is 0 Å². The van der Waals surface area contributed by atoms with Gasteiger partial charge in [-0.25, -0.2) is 0 Å². The van der Waals surface area contributed by atoms with Crippen molar-refractivity contribution in [1.82, 2.24) is 4.90 Å². The average molecular weight is 370 g/mol. The fourth-order valence-corrected chi connectivity index (χ4v) is 3.59. The Labute approximate surface area is 163 Å². The Kier molecular flexibility index (Phi) is 18.8. The van der Waals surface area contributed by atoms with Crippen molar-refractivity contribution in [3.8, 4) is 0 Å². The van der Waals surface area contributed by atoms with E-state index in [1.54, 1.807) is 0 Å². The molecule has 3 nitrogen and oxygen atoms in total. The molecule has 0 heterocycles. The quantitative estimate of drug-likeness (QED) is 0.270. The molecule has 1 N–H and O–H groups in total. The van der Waals surface area contributed by atoms with Crippen molar-refractivity contribution in [1.29, 1.82) is 0 Å². The van der Waals surface area contributed by atoms with E-state index < -0.39 is 0 Å². The number of aliphatic hydroxyl groups excluding tert-OH is 1. The van der Waals surface area contributed by atoms with Crippen molar-refractivity contribution in [2.75, 3.05) is 20.2 Å². The molecule has 0 aromatic carbocycles. The number of aliphatic hydroxyl groups is 1. The van der Waals surface area contributed by atoms with Gasteiger partial charge < -0.3 is 10.0 Å². The Morgan fingerprint density at radius 2 is 1.27 bits per heavy atom. The first kappa shape index (κ1) is 25.4. The van der Waals surface area contributed by atoms with Crippen LogP contribution in [-0.2, 0) is 4.79 Å². The zero-order chi connectivity index (χ0) is 19.5. The molecule has 0 saturated carbocycles. The second-order valence-electron chi connectivity index (χ2n) is 8.08. The fraction of sp³-hybridized carbons (Fsp3) is 0.957. The summed E-state index contributed by atoms with van der Waals surface area (Å²) in [5.74, 6) is 0.894. The van der Waals surface area contributed by atoms with E-state index in [0.717, 1.165) is 32.2 Å². The topological polar surface area (TPSA) is 40.5 Å². The molecule has 0 aliphatic heterocycles. The average Bonchev–Trinajstić information content (AvgIpc) is 2.64. The van der Waals surface area contributed by atoms with Crippen LogP contribution in [0, 0.1) is 5.92 Å². The lowest BCUT2D eigenvalue weighted by atomic mass is 9.91. The number of unbranched alkanes of at least 4 members (excludes halogenated alkanes) is 10. The highest BCUT2D eigenvalue weighted by molar-refractivity contribution is 5.76. The maximum absolute atomic E-state index is 12.6. The molecule has 26 heavy (non-hydrogen) atoms. The van der Waals surface area contributed by atoms with Gasteiger partial charge in [0.15, 0.2) is 0 Å². The van der Waals surface area contributed by atoms with Crippen LogP contribution in [0.5, 0.6) is 0 Å². The summed E-state index contributed by atoms with van der Waals surface area (Å²) in [5.41, 5.74) is 0. The van der Waals surface area contributed by atoms with Gasteiger partial charge in [-0.1, -0.05) is 78.1 Å². The van der Waals surface area contributed by atoms with Gasteiger partial charge in [0.2, 0.25) is 5.91 Å². The zero-order valence-electron chi connectivity index (χ0n) is 18.1. The predicted molar refractivity (Wildman–Crippen MR) is 113 cm³/mol. The van der Waals surface area contributed by atoms with Gasteiger partial charge in [-0.05, 0) is 38.0 Å². The van der Waals surface area contributed by atoms with E-state index in [9.17, 15) is 4.79 Å². The summed E-state index contributed by atoms with van der Waals surface area (Å²) in [6, 6.07) is 0. The van der Waals surface area contributed by atoms with E-state index >= 15 is 0 Å². The first-order valence-corrected chi connectivity index (χ1v) is 11.5. The van der Waals surface area contributed by atoms with Crippen LogP contribution in [-0.4, -0.2) is 36.1 Å². The molecule has 1 amide bonds. The molecule has 0 aromatic rings. The molecule has 0 aliphatic rings. The van der Waals surface area contributed by atoms with Crippen LogP contribution in [0.1, 0.15) is 117 Å². The number of nitrogens with zero attached hydrogens (tertiary/aromatic N) is 1. The summed E-state index contributed by atoms with van der Waals surface area (Å²) < 4.78 is 0. The van der Waals surface area contributed by atoms with Crippen molar-refractivity contribution >= 4 is 5.91 Å². The molecule has 0 radical (unpaired) electrons. The van der Waals surface area contributed by atoms with Gasteiger partial charge in [-0.3, -0.25) is 4.79 Å². The highest BCUT2D eigenvalue weighted by Crippen LogP contribution is 2.22. The molecule has 1 atom stereocenters. The Bertz CT molecular complexity index is 307. The van der Waals surface area contributed by atoms with Crippen molar-refractivity contribution in [2.45, 2.75) is 117 Å². The third kappa shape index (κ3) is 15.7. The van der Waals surface area contributed by atoms with Crippen molar-refractivity contribution < 1.29 is 9.90 Å². The van der Waals surface area contributed by atoms with Gasteiger partial charge >= 0.3 is 0 Å². The fourth-order valence-electron chi connectivity index (χ4n) is 3.59. The Hall–Kier alpha value is -0.570. The second-order valence-corrected chi connectivity index (χ2v) is 8.08. The Morgan fingerprint density at radius 1 is 0.769 bits per heavy atom. The lowest BCUT2D eigenvalue weighted by molar-refractivity contribution is -0.131. The third-order valence-corrected chi connectivity index (χ3v) is 5.47. The number of hydrogen-bond acceptors (Lipinski definition) is 2. The van der Waals surface area contributed by atoms with E-state index in [1.807, 2.05) is 11.9 Å². The summed E-state index contributed by atoms with van der Waals surface area (Å²) in [7, 11) is 1.94. The smallest absolute Gasteiger partial charge is 0.222 e. The van der Waals surface area contributed by atoms with Gasteiger partial charge in [0.1, 0.15) is 0 Å². The summed E-state index contributed by atoms with van der Waals surface area (Å²) >= 11 is 0. The summed E-state index contributed by atoms with van der Waals surface area (Å²) in [4.78, 5) is 14.5. The van der Waals surface area contributed by atoms with Gasteiger partial charge in [0.05, 0.1) is 0 Å². The molecule has 0 fully saturated rings. The minimum absolute atomic E-state index is 0.260. The predicted octanol–water partition coefficient (Wildman–Crippen LogP) is 6.33. The molecule has 0 rings (SSSR count). The van der Waals surface area contributed by atoms with E-state index in [4.69, 9.17) is 5.11 Å². The normalized spacial score (nSPS) is 12.3. The van der Waals surface area contributed by atoms with Crippen LogP contribution in [0.4, 0.5) is 0 Å². The minimum Gasteiger partial charge on any atom is -0.396 e. The Morgan fingerprint density at radius 3 is 1.85 bits per heavy atom. The van der Waals surface area contributed by atoms with E-state index in [0.29, 0.717) is 11.8 Å². The highest BCUT2D eigenvalue weighted by atomic mass is 16.2. The number of rotatable bonds is 19. The lowest BCUT2D eigenvalue weighted by Crippen LogP contribution is -2.29. The molecule has 3 heteroatoms. The molecule has 0 saturated heterocycles. The SMILES string of the molecule is CCCCCCCCC(CCCCCC)CC(=O)N(C)CCCCCO. The maximum Gasteiger partial charge on any atom is 0.222 e. The third-order valence-electron chi connectivity index (χ3n) is 5.47. The molecule has 1 unspecified atom stereocenters. The number of carbonyl (C=O) groups is 1. The number of amides is 1. The number of carbonyl (C=O) groups excluding carboxylic acids is 1. The molecule has 156 valence electrons. The maximum atomic E-state index is 12.6. The van der Waals surface area contributed by atoms with Gasteiger partial charge in [0.25, 0.3) is 0 Å². The van der Waals surface area contributed by atoms with E-state index in [1.165, 1.54) is 77.0 Å². The van der Waals surface area contributed by atoms with Crippen molar-refractivity contribution in [3.05, 3.63) is 0 Å². The summed E-state index contributed by atoms with van der Waals surface area (Å²) in [6.45, 7) is 5.61. The largest absolute Gasteiger partial charge is 0.396 e. The molecule has 0 bridgehead atoms. The van der Waals surface area contributed by atoms with Crippen molar-refractivity contribution in [3.63, 3.8) is 0 Å². The standard InChI is InChI=1S/C23H47NO2/c1-4-6-8-10-11-14-18-22(17-13-9-7-5-2)21-23(26)24(3)19-15-12-16-20-25/h22,25H,4-21H2,1-3H3. The number of hydrogen-bond donors (Lipinski definition) is 1. The van der Waals surface area contributed by atoms with Crippen LogP contribution in [0.25, 0.3) is 0 Å². The van der Waals surface area contributed by atoms with E-state index in [2.05, 4.69) is 13.8 Å². The van der Waals surface area contributed by atoms with Gasteiger partial charge in [-0.15, -0.1) is 0 Å². The van der Waals surface area contributed by atoms with Crippen molar-refractivity contribution in [2.24, 2.45) is 5.92 Å². The van der Waals surface area contributed by atoms with Crippen LogP contribution in [0.3, 0.4) is 0 Å². The van der Waals surface area contributed by atoms with Crippen LogP contribution in [0.2, 0.25) is 0 Å². The Balaban J connectivity index is 4.15. The van der Waals surface area contributed by atoms with E-state index in [-0.39, 0.29) is 6.61 Å². The second kappa shape index (κ2) is 19.2. The summed E-state index contributed by atoms with van der Waals surface area (Å²) in [6.07, 6.45) is 19.2. The molecule has 0 aliphatic carbocycles. The van der Waals surface area contributed by atoms with Crippen LogP contribution in [0.15, 0.2) is 0 Å². The lowest BCUT2D eigenvalue weighted by Gasteiger charge is -2.22. The minimum atomic E-state index is 0.260. The van der Waals surface area contributed by atoms with Gasteiger partial charge in [0, 0.05) is 26.6 Å². The summed E-state index contributed by atoms with van der Waals surface area (Å²) in [5, 5.41) is 8.85. The first-order chi connectivity index (χ1) is 12.7. The first-order valence-electron chi connectivity index (χ1n) is 11.5. The monoisotopic (exact) mass is 369 g/mol. The van der Waals surface area contributed by atoms with Gasteiger partial charge in [-0.2, -0.15) is 0 Å². The highest BCUT2D eigenvalue weighted by Gasteiger charge is 2.16.